The van der Waals surface area contributed by atoms with E-state index in [1.165, 1.54) is 0 Å². The number of rotatable bonds is 3. The predicted molar refractivity (Wildman–Crippen MR) is 74.5 cm³/mol. The van der Waals surface area contributed by atoms with Crippen LogP contribution in [0.5, 0.6) is 0 Å². The van der Waals surface area contributed by atoms with Gasteiger partial charge < -0.3 is 15.7 Å². The van der Waals surface area contributed by atoms with Crippen LogP contribution in [0.4, 0.5) is 5.69 Å². The van der Waals surface area contributed by atoms with Gasteiger partial charge in [0.05, 0.1) is 5.54 Å². The van der Waals surface area contributed by atoms with Gasteiger partial charge in [0.1, 0.15) is 5.92 Å². The average Bonchev–Trinajstić information content (AvgIpc) is 3.19. The largest absolute Gasteiger partial charge is 0.481 e. The van der Waals surface area contributed by atoms with Gasteiger partial charge in [-0.25, -0.2) is 0 Å². The van der Waals surface area contributed by atoms with Crippen LogP contribution in [0, 0.1) is 5.92 Å². The minimum Gasteiger partial charge on any atom is -0.481 e. The van der Waals surface area contributed by atoms with E-state index in [4.69, 9.17) is 5.73 Å². The minimum absolute atomic E-state index is 0.170. The van der Waals surface area contributed by atoms with Gasteiger partial charge in [-0.15, -0.1) is 0 Å². The first-order valence-electron chi connectivity index (χ1n) is 6.85. The van der Waals surface area contributed by atoms with Gasteiger partial charge in [-0.1, -0.05) is 18.2 Å². The minimum atomic E-state index is -0.905. The molecule has 1 fully saturated rings. The number of amides is 1. The van der Waals surface area contributed by atoms with Crippen molar-refractivity contribution in [2.45, 2.75) is 31.2 Å². The van der Waals surface area contributed by atoms with Gasteiger partial charge in [0.15, 0.2) is 0 Å². The van der Waals surface area contributed by atoms with Crippen LogP contribution in [0.25, 0.3) is 0 Å². The van der Waals surface area contributed by atoms with Crippen molar-refractivity contribution in [3.05, 3.63) is 29.8 Å². The van der Waals surface area contributed by atoms with Crippen LogP contribution >= 0.6 is 0 Å². The Bertz CT molecular complexity index is 578. The molecule has 0 radical (unpaired) electrons. The lowest BCUT2D eigenvalue weighted by Gasteiger charge is -2.29. The Labute approximate surface area is 117 Å². The van der Waals surface area contributed by atoms with Crippen LogP contribution in [0.3, 0.4) is 0 Å². The van der Waals surface area contributed by atoms with Crippen molar-refractivity contribution in [2.24, 2.45) is 11.7 Å². The van der Waals surface area contributed by atoms with Gasteiger partial charge in [0.25, 0.3) is 0 Å². The fourth-order valence-electron chi connectivity index (χ4n) is 2.96. The summed E-state index contributed by atoms with van der Waals surface area (Å²) in [6.07, 6.45) is 1.94. The summed E-state index contributed by atoms with van der Waals surface area (Å²) in [4.78, 5) is 25.6. The number of nitrogens with two attached hydrogens (primary N) is 1. The maximum absolute atomic E-state index is 12.7. The number of hydrogen-bond acceptors (Lipinski definition) is 3. The quantitative estimate of drug-likeness (QED) is 0.871. The molecule has 3 rings (SSSR count). The molecule has 1 aromatic carbocycles. The molecule has 1 aromatic rings. The van der Waals surface area contributed by atoms with Crippen molar-refractivity contribution in [2.75, 3.05) is 11.4 Å². The molecule has 2 unspecified atom stereocenters. The van der Waals surface area contributed by atoms with Gasteiger partial charge in [-0.05, 0) is 37.3 Å². The summed E-state index contributed by atoms with van der Waals surface area (Å²) in [6.45, 7) is 1.93. The molecule has 1 amide bonds. The van der Waals surface area contributed by atoms with Gasteiger partial charge >= 0.3 is 5.97 Å². The van der Waals surface area contributed by atoms with E-state index in [1.807, 2.05) is 6.07 Å². The van der Waals surface area contributed by atoms with Crippen molar-refractivity contribution >= 4 is 17.6 Å². The Hall–Kier alpha value is -1.88. The number of carbonyl (C=O) groups is 2. The van der Waals surface area contributed by atoms with Crippen molar-refractivity contribution in [3.63, 3.8) is 0 Å². The fourth-order valence-corrected chi connectivity index (χ4v) is 2.96. The molecule has 0 aromatic heterocycles. The number of carboxylic acids is 1. The molecule has 0 bridgehead atoms. The number of fused-ring (bicyclic) bond motifs is 1. The lowest BCUT2D eigenvalue weighted by Crippen LogP contribution is -2.55. The highest BCUT2D eigenvalue weighted by Gasteiger charge is 2.48. The van der Waals surface area contributed by atoms with Gasteiger partial charge in [-0.3, -0.25) is 9.59 Å². The van der Waals surface area contributed by atoms with Crippen LogP contribution in [0.15, 0.2) is 24.3 Å². The summed E-state index contributed by atoms with van der Waals surface area (Å²) in [7, 11) is 0. The molecule has 2 aliphatic rings. The Morgan fingerprint density at radius 2 is 2.00 bits per heavy atom. The molecule has 20 heavy (non-hydrogen) atoms. The summed E-state index contributed by atoms with van der Waals surface area (Å²) in [5, 5.41) is 9.31. The van der Waals surface area contributed by atoms with Crippen LogP contribution in [0.1, 0.15) is 31.2 Å². The lowest BCUT2D eigenvalue weighted by atomic mass is 9.95. The van der Waals surface area contributed by atoms with E-state index in [9.17, 15) is 14.7 Å². The zero-order valence-electron chi connectivity index (χ0n) is 11.4. The van der Waals surface area contributed by atoms with E-state index < -0.39 is 17.4 Å². The highest BCUT2D eigenvalue weighted by molar-refractivity contribution is 6.04. The molecule has 0 spiro atoms. The van der Waals surface area contributed by atoms with Crippen molar-refractivity contribution < 1.29 is 14.7 Å². The second-order valence-corrected chi connectivity index (χ2v) is 5.92. The second-order valence-electron chi connectivity index (χ2n) is 5.92. The Kier molecular flexibility index (Phi) is 2.83. The van der Waals surface area contributed by atoms with Crippen LogP contribution in [0.2, 0.25) is 0 Å². The van der Waals surface area contributed by atoms with Gasteiger partial charge in [-0.2, -0.15) is 0 Å². The molecular weight excluding hydrogens is 256 g/mol. The smallest absolute Gasteiger partial charge is 0.312 e. The standard InChI is InChI=1S/C15H18N2O3/c1-15(16,9-6-7-9)14(20)17-8-11(13(18)19)10-4-2-3-5-12(10)17/h2-5,9,11H,6-8,16H2,1H3,(H,18,19). The number of anilines is 1. The third-order valence-corrected chi connectivity index (χ3v) is 4.40. The number of benzene rings is 1. The normalized spacial score (nSPS) is 24.1. The van der Waals surface area contributed by atoms with Gasteiger partial charge in [0, 0.05) is 12.2 Å². The second kappa shape index (κ2) is 4.31. The lowest BCUT2D eigenvalue weighted by molar-refractivity contribution is -0.138. The van der Waals surface area contributed by atoms with Crippen LogP contribution in [-0.4, -0.2) is 29.1 Å². The summed E-state index contributed by atoms with van der Waals surface area (Å²) in [5.74, 6) is -1.52. The molecule has 5 nitrogen and oxygen atoms in total. The number of para-hydroxylation sites is 1. The van der Waals surface area contributed by atoms with E-state index in [1.54, 1.807) is 30.0 Å². The summed E-state index contributed by atoms with van der Waals surface area (Å²) in [6, 6.07) is 7.17. The summed E-state index contributed by atoms with van der Waals surface area (Å²) < 4.78 is 0. The topological polar surface area (TPSA) is 83.6 Å². The van der Waals surface area contributed by atoms with Gasteiger partial charge in [0.2, 0.25) is 5.91 Å². The van der Waals surface area contributed by atoms with Crippen LogP contribution in [-0.2, 0) is 9.59 Å². The molecular formula is C15H18N2O3. The Morgan fingerprint density at radius 1 is 1.35 bits per heavy atom. The monoisotopic (exact) mass is 274 g/mol. The molecule has 1 aliphatic heterocycles. The van der Waals surface area contributed by atoms with E-state index in [-0.39, 0.29) is 18.4 Å². The maximum atomic E-state index is 12.7. The first kappa shape index (κ1) is 13.1. The SMILES string of the molecule is CC(N)(C(=O)N1CC(C(=O)O)c2ccccc21)C1CC1. The Balaban J connectivity index is 1.96. The molecule has 3 N–H and O–H groups in total. The van der Waals surface area contributed by atoms with E-state index in [0.29, 0.717) is 11.3 Å². The van der Waals surface area contributed by atoms with E-state index in [0.717, 1.165) is 12.8 Å². The highest BCUT2D eigenvalue weighted by atomic mass is 16.4. The number of nitrogens with zero attached hydrogens (tertiary/aromatic N) is 1. The zero-order valence-corrected chi connectivity index (χ0v) is 11.4. The summed E-state index contributed by atoms with van der Waals surface area (Å²) in [5.41, 5.74) is 6.66. The zero-order chi connectivity index (χ0) is 14.5. The first-order chi connectivity index (χ1) is 9.43. The first-order valence-corrected chi connectivity index (χ1v) is 6.85. The Morgan fingerprint density at radius 3 is 2.60 bits per heavy atom. The number of carboxylic acid groups (broad SMARTS) is 1. The van der Waals surface area contributed by atoms with E-state index in [2.05, 4.69) is 0 Å². The molecule has 1 aliphatic carbocycles. The molecule has 106 valence electrons. The third-order valence-electron chi connectivity index (χ3n) is 4.40. The average molecular weight is 274 g/mol. The number of hydrogen-bond donors (Lipinski definition) is 2. The molecule has 1 heterocycles. The number of carbonyl (C=O) groups excluding carboxylic acids is 1. The molecule has 1 saturated carbocycles. The summed E-state index contributed by atoms with van der Waals surface area (Å²) >= 11 is 0. The van der Waals surface area contributed by atoms with Crippen molar-refractivity contribution in [3.8, 4) is 0 Å². The number of aliphatic carboxylic acids is 1. The molecule has 5 heteroatoms. The van der Waals surface area contributed by atoms with Crippen molar-refractivity contribution in [1.82, 2.24) is 0 Å². The fraction of sp³-hybridized carbons (Fsp3) is 0.467. The van der Waals surface area contributed by atoms with Crippen LogP contribution < -0.4 is 10.6 Å². The third kappa shape index (κ3) is 1.89. The van der Waals surface area contributed by atoms with E-state index >= 15 is 0 Å². The highest BCUT2D eigenvalue weighted by Crippen LogP contribution is 2.42. The van der Waals surface area contributed by atoms with Crippen molar-refractivity contribution in [1.29, 1.82) is 0 Å². The predicted octanol–water partition coefficient (Wildman–Crippen LogP) is 1.33. The maximum Gasteiger partial charge on any atom is 0.312 e. The molecule has 0 saturated heterocycles. The molecule has 2 atom stereocenters.